The Hall–Kier alpha value is -0.0900. The van der Waals surface area contributed by atoms with Crippen LogP contribution in [0.15, 0.2) is 0 Å². The first-order chi connectivity index (χ1) is 10.2. The zero-order chi connectivity index (χ0) is 15.5. The Labute approximate surface area is 140 Å². The van der Waals surface area contributed by atoms with Crippen LogP contribution in [0.3, 0.4) is 0 Å². The van der Waals surface area contributed by atoms with Gasteiger partial charge in [-0.2, -0.15) is 0 Å². The van der Waals surface area contributed by atoms with Crippen molar-refractivity contribution < 1.29 is 4.79 Å². The molecule has 4 heteroatoms. The van der Waals surface area contributed by atoms with Crippen molar-refractivity contribution in [3.8, 4) is 0 Å². The lowest BCUT2D eigenvalue weighted by molar-refractivity contribution is -0.129. The predicted octanol–water partition coefficient (Wildman–Crippen LogP) is 5.55. The molecule has 122 valence electrons. The maximum atomic E-state index is 12.6. The molecule has 0 radical (unpaired) electrons. The molecular formula is C17H31NOS2. The smallest absolute Gasteiger partial charge is 0.228 e. The van der Waals surface area contributed by atoms with Gasteiger partial charge in [0.15, 0.2) is 0 Å². The first kappa shape index (κ1) is 19.0. The molecule has 0 aromatic rings. The van der Waals surface area contributed by atoms with E-state index in [0.717, 1.165) is 29.3 Å². The summed E-state index contributed by atoms with van der Waals surface area (Å²) >= 11 is 7.17. The number of carbonyl (C=O) groups excluding carboxylic acids is 1. The molecule has 0 aromatic heterocycles. The lowest BCUT2D eigenvalue weighted by Crippen LogP contribution is -2.43. The third-order valence-electron chi connectivity index (χ3n) is 4.17. The molecule has 0 unspecified atom stereocenters. The molecule has 21 heavy (non-hydrogen) atoms. The highest BCUT2D eigenvalue weighted by atomic mass is 32.2. The van der Waals surface area contributed by atoms with E-state index in [2.05, 4.69) is 13.8 Å². The number of unbranched alkanes of at least 4 members (excludes halogenated alkanes) is 4. The molecule has 0 spiro atoms. The standard InChI is InChI=1S/C17H31NOS2/c1-3-5-6-7-11-14-16(19)18(17(20)21-4-2)15-12-9-8-10-13-15/h15H,3-14H2,1-2H3. The maximum absolute atomic E-state index is 12.6. The lowest BCUT2D eigenvalue weighted by Gasteiger charge is -2.34. The third-order valence-corrected chi connectivity index (χ3v) is 5.45. The third kappa shape index (κ3) is 7.14. The van der Waals surface area contributed by atoms with Crippen LogP contribution in [-0.2, 0) is 4.79 Å². The fourth-order valence-electron chi connectivity index (χ4n) is 2.99. The molecule has 0 bridgehead atoms. The van der Waals surface area contributed by atoms with Crippen LogP contribution in [0.2, 0.25) is 0 Å². The lowest BCUT2D eigenvalue weighted by atomic mass is 9.94. The molecule has 1 saturated carbocycles. The van der Waals surface area contributed by atoms with Crippen molar-refractivity contribution in [1.82, 2.24) is 4.90 Å². The van der Waals surface area contributed by atoms with Crippen molar-refractivity contribution in [1.29, 1.82) is 0 Å². The van der Waals surface area contributed by atoms with E-state index < -0.39 is 0 Å². The SMILES string of the molecule is CCCCCCCC(=O)N(C(=S)SCC)C1CCCCC1. The molecule has 1 rings (SSSR count). The van der Waals surface area contributed by atoms with Gasteiger partial charge >= 0.3 is 0 Å². The maximum Gasteiger partial charge on any atom is 0.228 e. The molecule has 0 aliphatic heterocycles. The van der Waals surface area contributed by atoms with Crippen LogP contribution in [0.5, 0.6) is 0 Å². The number of thiocarbonyl (C=S) groups is 1. The summed E-state index contributed by atoms with van der Waals surface area (Å²) in [4.78, 5) is 14.6. The van der Waals surface area contributed by atoms with Gasteiger partial charge in [0, 0.05) is 12.5 Å². The topological polar surface area (TPSA) is 20.3 Å². The van der Waals surface area contributed by atoms with Gasteiger partial charge in [0.1, 0.15) is 4.32 Å². The van der Waals surface area contributed by atoms with Crippen LogP contribution < -0.4 is 0 Å². The quantitative estimate of drug-likeness (QED) is 0.430. The summed E-state index contributed by atoms with van der Waals surface area (Å²) in [6.07, 6.45) is 12.7. The first-order valence-electron chi connectivity index (χ1n) is 8.69. The van der Waals surface area contributed by atoms with Crippen molar-refractivity contribution >= 4 is 34.2 Å². The van der Waals surface area contributed by atoms with E-state index in [9.17, 15) is 4.79 Å². The van der Waals surface area contributed by atoms with E-state index in [1.165, 1.54) is 44.9 Å². The number of hydrogen-bond acceptors (Lipinski definition) is 3. The molecule has 1 aliphatic carbocycles. The number of thioether (sulfide) groups is 1. The van der Waals surface area contributed by atoms with Crippen LogP contribution in [0, 0.1) is 0 Å². The summed E-state index contributed by atoms with van der Waals surface area (Å²) < 4.78 is 0.808. The molecule has 0 heterocycles. The Balaban J connectivity index is 2.49. The van der Waals surface area contributed by atoms with Crippen molar-refractivity contribution in [3.63, 3.8) is 0 Å². The molecule has 0 atom stereocenters. The average molecular weight is 330 g/mol. The van der Waals surface area contributed by atoms with E-state index >= 15 is 0 Å². The molecule has 2 nitrogen and oxygen atoms in total. The van der Waals surface area contributed by atoms with Crippen molar-refractivity contribution in [2.75, 3.05) is 5.75 Å². The molecular weight excluding hydrogens is 298 g/mol. The van der Waals surface area contributed by atoms with Gasteiger partial charge in [-0.1, -0.05) is 82.8 Å². The van der Waals surface area contributed by atoms with Gasteiger partial charge in [-0.25, -0.2) is 0 Å². The zero-order valence-electron chi connectivity index (χ0n) is 13.7. The molecule has 1 aliphatic rings. The summed E-state index contributed by atoms with van der Waals surface area (Å²) in [6, 6.07) is 0.369. The number of rotatable bonds is 8. The van der Waals surface area contributed by atoms with E-state index in [1.807, 2.05) is 4.90 Å². The minimum absolute atomic E-state index is 0.268. The summed E-state index contributed by atoms with van der Waals surface area (Å²) in [7, 11) is 0. The van der Waals surface area contributed by atoms with Crippen LogP contribution in [0.25, 0.3) is 0 Å². The van der Waals surface area contributed by atoms with E-state index in [4.69, 9.17) is 12.2 Å². The highest BCUT2D eigenvalue weighted by Gasteiger charge is 2.28. The average Bonchev–Trinajstić information content (AvgIpc) is 2.48. The van der Waals surface area contributed by atoms with E-state index in [-0.39, 0.29) is 5.91 Å². The minimum Gasteiger partial charge on any atom is -0.295 e. The largest absolute Gasteiger partial charge is 0.295 e. The zero-order valence-corrected chi connectivity index (χ0v) is 15.4. The van der Waals surface area contributed by atoms with Crippen LogP contribution in [-0.4, -0.2) is 26.9 Å². The Morgan fingerprint density at radius 1 is 1.10 bits per heavy atom. The Morgan fingerprint density at radius 3 is 2.38 bits per heavy atom. The Kier molecular flexibility index (Phi) is 10.4. The van der Waals surface area contributed by atoms with Crippen molar-refractivity contribution in [2.45, 2.75) is 90.5 Å². The normalized spacial score (nSPS) is 15.9. The Morgan fingerprint density at radius 2 is 1.76 bits per heavy atom. The number of hydrogen-bond donors (Lipinski definition) is 0. The van der Waals surface area contributed by atoms with Gasteiger partial charge in [0.2, 0.25) is 5.91 Å². The van der Waals surface area contributed by atoms with E-state index in [0.29, 0.717) is 12.5 Å². The van der Waals surface area contributed by atoms with Crippen LogP contribution in [0.1, 0.15) is 84.5 Å². The predicted molar refractivity (Wildman–Crippen MR) is 97.8 cm³/mol. The summed E-state index contributed by atoms with van der Waals surface area (Å²) in [6.45, 7) is 4.32. The molecule has 0 saturated heterocycles. The van der Waals surface area contributed by atoms with Gasteiger partial charge in [0.25, 0.3) is 0 Å². The van der Waals surface area contributed by atoms with Gasteiger partial charge < -0.3 is 0 Å². The van der Waals surface area contributed by atoms with Gasteiger partial charge in [-0.15, -0.1) is 0 Å². The molecule has 1 fully saturated rings. The summed E-state index contributed by atoms with van der Waals surface area (Å²) in [5.41, 5.74) is 0. The minimum atomic E-state index is 0.268. The number of carbonyl (C=O) groups is 1. The second-order valence-electron chi connectivity index (χ2n) is 5.92. The summed E-state index contributed by atoms with van der Waals surface area (Å²) in [5.74, 6) is 1.22. The number of nitrogens with zero attached hydrogens (tertiary/aromatic N) is 1. The molecule has 1 amide bonds. The van der Waals surface area contributed by atoms with Crippen LogP contribution >= 0.6 is 24.0 Å². The Bertz CT molecular complexity index is 314. The highest BCUT2D eigenvalue weighted by molar-refractivity contribution is 8.22. The number of amides is 1. The second kappa shape index (κ2) is 11.5. The monoisotopic (exact) mass is 329 g/mol. The van der Waals surface area contributed by atoms with Crippen molar-refractivity contribution in [2.24, 2.45) is 0 Å². The first-order valence-corrected chi connectivity index (χ1v) is 10.1. The fraction of sp³-hybridized carbons (Fsp3) is 0.882. The van der Waals surface area contributed by atoms with Gasteiger partial charge in [0.05, 0.1) is 0 Å². The fourth-order valence-corrected chi connectivity index (χ4v) is 4.23. The second-order valence-corrected chi connectivity index (χ2v) is 7.82. The van der Waals surface area contributed by atoms with E-state index in [1.54, 1.807) is 11.8 Å². The molecule has 0 N–H and O–H groups in total. The highest BCUT2D eigenvalue weighted by Crippen LogP contribution is 2.26. The van der Waals surface area contributed by atoms with Gasteiger partial charge in [-0.3, -0.25) is 9.69 Å². The van der Waals surface area contributed by atoms with Crippen LogP contribution in [0.4, 0.5) is 0 Å². The summed E-state index contributed by atoms with van der Waals surface area (Å²) in [5, 5.41) is 0. The van der Waals surface area contributed by atoms with Gasteiger partial charge in [-0.05, 0) is 25.0 Å². The molecule has 0 aromatic carbocycles. The van der Waals surface area contributed by atoms with Crippen molar-refractivity contribution in [3.05, 3.63) is 0 Å².